The van der Waals surface area contributed by atoms with Gasteiger partial charge in [0.1, 0.15) is 5.69 Å². The molecule has 0 saturated heterocycles. The molecular formula is C18H18N2O4. The van der Waals surface area contributed by atoms with Crippen molar-refractivity contribution in [3.8, 4) is 11.1 Å². The first-order chi connectivity index (χ1) is 11.6. The summed E-state index contributed by atoms with van der Waals surface area (Å²) < 4.78 is 5.07. The number of nitro groups is 1. The number of aryl methyl sites for hydroxylation is 1. The molecule has 1 aromatic heterocycles. The fourth-order valence-electron chi connectivity index (χ4n) is 3.03. The quantitative estimate of drug-likeness (QED) is 0.486. The smallest absolute Gasteiger partial charge is 0.356 e. The van der Waals surface area contributed by atoms with Crippen LogP contribution in [-0.4, -0.2) is 22.5 Å². The second-order valence-corrected chi connectivity index (χ2v) is 5.71. The van der Waals surface area contributed by atoms with Gasteiger partial charge in [0.05, 0.1) is 11.5 Å². The van der Waals surface area contributed by atoms with Crippen LogP contribution >= 0.6 is 0 Å². The van der Waals surface area contributed by atoms with Crippen LogP contribution in [0.3, 0.4) is 0 Å². The van der Waals surface area contributed by atoms with E-state index in [1.54, 1.807) is 25.1 Å². The molecule has 0 fully saturated rings. The SMILES string of the molecule is CCOC(=O)c1cc(-c2ccc([N+](=O)[O-])cc2)c2c(n1)CCCC2. The van der Waals surface area contributed by atoms with Crippen LogP contribution in [0.2, 0.25) is 0 Å². The van der Waals surface area contributed by atoms with Gasteiger partial charge in [-0.1, -0.05) is 0 Å². The van der Waals surface area contributed by atoms with E-state index in [-0.39, 0.29) is 5.69 Å². The van der Waals surface area contributed by atoms with Gasteiger partial charge in [-0.15, -0.1) is 0 Å². The van der Waals surface area contributed by atoms with Crippen molar-refractivity contribution in [2.24, 2.45) is 0 Å². The number of pyridine rings is 1. The highest BCUT2D eigenvalue weighted by Crippen LogP contribution is 2.32. The van der Waals surface area contributed by atoms with Gasteiger partial charge in [-0.05, 0) is 67.5 Å². The Morgan fingerprint density at radius 3 is 2.62 bits per heavy atom. The van der Waals surface area contributed by atoms with E-state index >= 15 is 0 Å². The number of benzene rings is 1. The lowest BCUT2D eigenvalue weighted by Crippen LogP contribution is -2.14. The van der Waals surface area contributed by atoms with Crippen LogP contribution in [0.4, 0.5) is 5.69 Å². The van der Waals surface area contributed by atoms with E-state index in [1.807, 2.05) is 0 Å². The highest BCUT2D eigenvalue weighted by molar-refractivity contribution is 5.89. The highest BCUT2D eigenvalue weighted by atomic mass is 16.6. The average molecular weight is 326 g/mol. The molecule has 1 heterocycles. The molecule has 124 valence electrons. The zero-order valence-electron chi connectivity index (χ0n) is 13.4. The molecule has 6 heteroatoms. The van der Waals surface area contributed by atoms with E-state index in [9.17, 15) is 14.9 Å². The van der Waals surface area contributed by atoms with Crippen LogP contribution in [0.25, 0.3) is 11.1 Å². The minimum Gasteiger partial charge on any atom is -0.461 e. The molecule has 0 bridgehead atoms. The van der Waals surface area contributed by atoms with Crippen LogP contribution in [0, 0.1) is 10.1 Å². The summed E-state index contributed by atoms with van der Waals surface area (Å²) in [5.74, 6) is -0.436. The van der Waals surface area contributed by atoms with Gasteiger partial charge >= 0.3 is 5.97 Å². The number of aromatic nitrogens is 1. The number of hydrogen-bond acceptors (Lipinski definition) is 5. The standard InChI is InChI=1S/C18H18N2O4/c1-2-24-18(21)17-11-15(14-5-3-4-6-16(14)19-17)12-7-9-13(10-8-12)20(22)23/h7-11H,2-6H2,1H3. The van der Waals surface area contributed by atoms with Crippen molar-refractivity contribution in [2.75, 3.05) is 6.61 Å². The molecule has 0 aliphatic heterocycles. The van der Waals surface area contributed by atoms with E-state index in [0.717, 1.165) is 48.1 Å². The number of esters is 1. The van der Waals surface area contributed by atoms with Gasteiger partial charge in [0.15, 0.2) is 0 Å². The minimum absolute atomic E-state index is 0.0484. The fraction of sp³-hybridized carbons (Fsp3) is 0.333. The monoisotopic (exact) mass is 326 g/mol. The van der Waals surface area contributed by atoms with Crippen molar-refractivity contribution < 1.29 is 14.5 Å². The predicted molar refractivity (Wildman–Crippen MR) is 88.9 cm³/mol. The van der Waals surface area contributed by atoms with Crippen LogP contribution in [-0.2, 0) is 17.6 Å². The summed E-state index contributed by atoms with van der Waals surface area (Å²) in [4.78, 5) is 27.0. The Hall–Kier alpha value is -2.76. The third-order valence-corrected chi connectivity index (χ3v) is 4.17. The Bertz CT molecular complexity index is 784. The van der Waals surface area contributed by atoms with Gasteiger partial charge in [-0.3, -0.25) is 10.1 Å². The number of fused-ring (bicyclic) bond motifs is 1. The van der Waals surface area contributed by atoms with E-state index in [4.69, 9.17) is 4.74 Å². The lowest BCUT2D eigenvalue weighted by molar-refractivity contribution is -0.384. The maximum absolute atomic E-state index is 12.1. The molecule has 1 aliphatic carbocycles. The van der Waals surface area contributed by atoms with E-state index in [1.165, 1.54) is 12.1 Å². The Morgan fingerprint density at radius 2 is 1.96 bits per heavy atom. The summed E-state index contributed by atoms with van der Waals surface area (Å²) in [7, 11) is 0. The second-order valence-electron chi connectivity index (χ2n) is 5.71. The zero-order chi connectivity index (χ0) is 17.1. The summed E-state index contributed by atoms with van der Waals surface area (Å²) in [6.45, 7) is 2.05. The molecule has 6 nitrogen and oxygen atoms in total. The molecule has 24 heavy (non-hydrogen) atoms. The molecular weight excluding hydrogens is 308 g/mol. The largest absolute Gasteiger partial charge is 0.461 e. The molecule has 0 N–H and O–H groups in total. The van der Waals surface area contributed by atoms with E-state index < -0.39 is 10.9 Å². The third kappa shape index (κ3) is 3.13. The minimum atomic E-state index is -0.436. The molecule has 1 aromatic carbocycles. The second kappa shape index (κ2) is 6.78. The predicted octanol–water partition coefficient (Wildman–Crippen LogP) is 3.71. The number of rotatable bonds is 4. The van der Waals surface area contributed by atoms with Crippen molar-refractivity contribution >= 4 is 11.7 Å². The summed E-state index contributed by atoms with van der Waals surface area (Å²) in [5.41, 5.74) is 4.17. The fourth-order valence-corrected chi connectivity index (χ4v) is 3.03. The molecule has 0 saturated carbocycles. The van der Waals surface area contributed by atoms with Gasteiger partial charge in [-0.25, -0.2) is 9.78 Å². The lowest BCUT2D eigenvalue weighted by atomic mass is 9.88. The molecule has 0 amide bonds. The van der Waals surface area contributed by atoms with Gasteiger partial charge in [0.2, 0.25) is 0 Å². The number of ether oxygens (including phenoxy) is 1. The Labute approximate surface area is 139 Å². The number of non-ortho nitro benzene ring substituents is 1. The molecule has 1 aliphatic rings. The summed E-state index contributed by atoms with van der Waals surface area (Å²) in [5, 5.41) is 10.8. The van der Waals surface area contributed by atoms with Crippen molar-refractivity contribution in [1.82, 2.24) is 4.98 Å². The van der Waals surface area contributed by atoms with E-state index in [2.05, 4.69) is 4.98 Å². The first-order valence-electron chi connectivity index (χ1n) is 8.05. The Kier molecular flexibility index (Phi) is 4.55. The topological polar surface area (TPSA) is 82.3 Å². The number of hydrogen-bond donors (Lipinski definition) is 0. The molecule has 0 atom stereocenters. The number of carbonyl (C=O) groups is 1. The Balaban J connectivity index is 2.09. The molecule has 0 unspecified atom stereocenters. The zero-order valence-corrected chi connectivity index (χ0v) is 13.4. The van der Waals surface area contributed by atoms with Crippen molar-refractivity contribution in [2.45, 2.75) is 32.6 Å². The molecule has 2 aromatic rings. The van der Waals surface area contributed by atoms with Crippen molar-refractivity contribution in [3.05, 3.63) is 57.4 Å². The first kappa shape index (κ1) is 16.1. The molecule has 0 radical (unpaired) electrons. The van der Waals surface area contributed by atoms with Crippen molar-refractivity contribution in [1.29, 1.82) is 0 Å². The Morgan fingerprint density at radius 1 is 1.25 bits per heavy atom. The van der Waals surface area contributed by atoms with Gasteiger partial charge in [0, 0.05) is 17.8 Å². The number of nitrogens with zero attached hydrogens (tertiary/aromatic N) is 2. The third-order valence-electron chi connectivity index (χ3n) is 4.17. The van der Waals surface area contributed by atoms with Crippen LogP contribution in [0.5, 0.6) is 0 Å². The normalized spacial score (nSPS) is 13.2. The highest BCUT2D eigenvalue weighted by Gasteiger charge is 2.21. The average Bonchev–Trinajstić information content (AvgIpc) is 2.61. The lowest BCUT2D eigenvalue weighted by Gasteiger charge is -2.20. The summed E-state index contributed by atoms with van der Waals surface area (Å²) in [6, 6.07) is 8.14. The number of carbonyl (C=O) groups excluding carboxylic acids is 1. The molecule has 0 spiro atoms. The molecule has 3 rings (SSSR count). The van der Waals surface area contributed by atoms with Crippen LogP contribution < -0.4 is 0 Å². The number of nitro benzene ring substituents is 1. The van der Waals surface area contributed by atoms with Crippen LogP contribution in [0.15, 0.2) is 30.3 Å². The van der Waals surface area contributed by atoms with Gasteiger partial charge in [0.25, 0.3) is 5.69 Å². The van der Waals surface area contributed by atoms with Crippen LogP contribution in [0.1, 0.15) is 41.5 Å². The first-order valence-corrected chi connectivity index (χ1v) is 8.05. The van der Waals surface area contributed by atoms with Gasteiger partial charge in [-0.2, -0.15) is 0 Å². The maximum Gasteiger partial charge on any atom is 0.356 e. The van der Waals surface area contributed by atoms with E-state index in [0.29, 0.717) is 12.3 Å². The summed E-state index contributed by atoms with van der Waals surface area (Å²) in [6.07, 6.45) is 3.86. The maximum atomic E-state index is 12.1. The van der Waals surface area contributed by atoms with Crippen molar-refractivity contribution in [3.63, 3.8) is 0 Å². The summed E-state index contributed by atoms with van der Waals surface area (Å²) >= 11 is 0. The van der Waals surface area contributed by atoms with Gasteiger partial charge < -0.3 is 4.74 Å².